The van der Waals surface area contributed by atoms with E-state index >= 15 is 0 Å². The molecule has 26 heavy (non-hydrogen) atoms. The Labute approximate surface area is 156 Å². The minimum Gasteiger partial charge on any atom is -0.491 e. The molecule has 2 amide bonds. The fraction of sp³-hybridized carbons (Fsp3) is 0.600. The molecule has 0 aromatic heterocycles. The highest BCUT2D eigenvalue weighted by atomic mass is 16.5. The summed E-state index contributed by atoms with van der Waals surface area (Å²) in [6.45, 7) is 10.1. The van der Waals surface area contributed by atoms with Crippen molar-refractivity contribution in [1.82, 2.24) is 15.5 Å². The predicted octanol–water partition coefficient (Wildman–Crippen LogP) is 1.73. The van der Waals surface area contributed by atoms with Crippen LogP contribution in [0.2, 0.25) is 0 Å². The van der Waals surface area contributed by atoms with Crippen molar-refractivity contribution in [2.45, 2.75) is 58.7 Å². The monoisotopic (exact) mass is 361 g/mol. The molecule has 1 fully saturated rings. The van der Waals surface area contributed by atoms with Crippen molar-refractivity contribution in [2.24, 2.45) is 0 Å². The molecule has 1 heterocycles. The second-order valence-electron chi connectivity index (χ2n) is 7.25. The topological polar surface area (TPSA) is 70.7 Å². The quantitative estimate of drug-likeness (QED) is 0.740. The number of carbonyl (C=O) groups excluding carboxylic acids is 2. The zero-order valence-electron chi connectivity index (χ0n) is 16.2. The molecule has 1 atom stereocenters. The molecule has 6 heteroatoms. The van der Waals surface area contributed by atoms with Crippen LogP contribution in [0.3, 0.4) is 0 Å². The molecule has 0 radical (unpaired) electrons. The highest BCUT2D eigenvalue weighted by molar-refractivity contribution is 5.88. The number of hydrogen-bond donors (Lipinski definition) is 2. The van der Waals surface area contributed by atoms with Crippen LogP contribution < -0.4 is 15.4 Å². The van der Waals surface area contributed by atoms with Crippen molar-refractivity contribution in [3.63, 3.8) is 0 Å². The predicted molar refractivity (Wildman–Crippen MR) is 102 cm³/mol. The van der Waals surface area contributed by atoms with Gasteiger partial charge in [-0.3, -0.25) is 14.5 Å². The van der Waals surface area contributed by atoms with Crippen LogP contribution >= 0.6 is 0 Å². The molecule has 1 aliphatic heterocycles. The van der Waals surface area contributed by atoms with Crippen LogP contribution in [0.1, 0.15) is 39.7 Å². The molecular formula is C20H31N3O3. The lowest BCUT2D eigenvalue weighted by Crippen LogP contribution is -2.58. The number of piperazine rings is 1. The molecular weight excluding hydrogens is 330 g/mol. The number of nitrogens with zero attached hydrogens (tertiary/aromatic N) is 1. The van der Waals surface area contributed by atoms with Crippen LogP contribution in [0, 0.1) is 0 Å². The fourth-order valence-electron chi connectivity index (χ4n) is 3.16. The maximum atomic E-state index is 12.3. The van der Waals surface area contributed by atoms with Gasteiger partial charge in [-0.25, -0.2) is 0 Å². The van der Waals surface area contributed by atoms with E-state index in [1.165, 1.54) is 0 Å². The molecule has 0 aliphatic carbocycles. The molecule has 1 aromatic carbocycles. The maximum absolute atomic E-state index is 12.3. The lowest BCUT2D eigenvalue weighted by atomic mass is 10.1. The number of rotatable bonds is 8. The van der Waals surface area contributed by atoms with E-state index in [9.17, 15) is 9.59 Å². The van der Waals surface area contributed by atoms with Crippen molar-refractivity contribution < 1.29 is 14.3 Å². The molecule has 2 N–H and O–H groups in total. The molecule has 6 nitrogen and oxygen atoms in total. The number of amides is 2. The highest BCUT2D eigenvalue weighted by Crippen LogP contribution is 2.14. The molecule has 1 saturated heterocycles. The summed E-state index contributed by atoms with van der Waals surface area (Å²) in [7, 11) is 0. The van der Waals surface area contributed by atoms with E-state index in [1.807, 2.05) is 38.1 Å². The van der Waals surface area contributed by atoms with Gasteiger partial charge in [0.2, 0.25) is 11.8 Å². The number of hydrogen-bond acceptors (Lipinski definition) is 4. The van der Waals surface area contributed by atoms with Crippen molar-refractivity contribution in [3.8, 4) is 5.75 Å². The molecule has 1 aliphatic rings. The first kappa shape index (κ1) is 20.2. The summed E-state index contributed by atoms with van der Waals surface area (Å²) >= 11 is 0. The lowest BCUT2D eigenvalue weighted by Gasteiger charge is -2.37. The Morgan fingerprint density at radius 3 is 2.58 bits per heavy atom. The van der Waals surface area contributed by atoms with Gasteiger partial charge in [-0.15, -0.1) is 0 Å². The van der Waals surface area contributed by atoms with E-state index in [2.05, 4.69) is 29.4 Å². The average molecular weight is 361 g/mol. The Kier molecular flexibility index (Phi) is 7.45. The molecule has 0 bridgehead atoms. The molecule has 0 spiro atoms. The van der Waals surface area contributed by atoms with E-state index in [1.54, 1.807) is 0 Å². The third kappa shape index (κ3) is 6.02. The molecule has 2 rings (SSSR count). The third-order valence-corrected chi connectivity index (χ3v) is 4.45. The molecule has 1 aromatic rings. The van der Waals surface area contributed by atoms with Gasteiger partial charge < -0.3 is 15.4 Å². The van der Waals surface area contributed by atoms with Gasteiger partial charge in [0.1, 0.15) is 5.75 Å². The summed E-state index contributed by atoms with van der Waals surface area (Å²) in [6.07, 6.45) is 1.10. The Balaban J connectivity index is 1.78. The Morgan fingerprint density at radius 2 is 1.96 bits per heavy atom. The van der Waals surface area contributed by atoms with Crippen molar-refractivity contribution in [1.29, 1.82) is 0 Å². The summed E-state index contributed by atoms with van der Waals surface area (Å²) in [5, 5.41) is 5.78. The van der Waals surface area contributed by atoms with Gasteiger partial charge >= 0.3 is 0 Å². The van der Waals surface area contributed by atoms with Crippen molar-refractivity contribution in [3.05, 3.63) is 29.8 Å². The van der Waals surface area contributed by atoms with Crippen LogP contribution in [0.4, 0.5) is 0 Å². The standard InChI is InChI=1S/C20H31N3O3/c1-14(2)23-12-11-22-20(25)18(23)13-19(24)21-10-9-16-5-7-17(8-6-16)26-15(3)4/h5-8,14-15,18H,9-13H2,1-4H3,(H,21,24)(H,22,25). The second kappa shape index (κ2) is 9.57. The Hall–Kier alpha value is -2.08. The van der Waals surface area contributed by atoms with Gasteiger partial charge in [0, 0.05) is 25.7 Å². The van der Waals surface area contributed by atoms with Gasteiger partial charge in [-0.1, -0.05) is 12.1 Å². The first-order chi connectivity index (χ1) is 12.4. The normalized spacial score (nSPS) is 18.1. The van der Waals surface area contributed by atoms with Crippen LogP contribution in [-0.2, 0) is 16.0 Å². The summed E-state index contributed by atoms with van der Waals surface area (Å²) in [5.74, 6) is 0.711. The van der Waals surface area contributed by atoms with E-state index in [0.717, 1.165) is 24.3 Å². The van der Waals surface area contributed by atoms with Gasteiger partial charge in [0.15, 0.2) is 0 Å². The minimum atomic E-state index is -0.379. The summed E-state index contributed by atoms with van der Waals surface area (Å²) in [4.78, 5) is 26.4. The molecule has 1 unspecified atom stereocenters. The first-order valence-electron chi connectivity index (χ1n) is 9.42. The van der Waals surface area contributed by atoms with Crippen LogP contribution in [-0.4, -0.2) is 54.5 Å². The van der Waals surface area contributed by atoms with Gasteiger partial charge in [-0.2, -0.15) is 0 Å². The van der Waals surface area contributed by atoms with Crippen molar-refractivity contribution >= 4 is 11.8 Å². The number of ether oxygens (including phenoxy) is 1. The maximum Gasteiger partial charge on any atom is 0.237 e. The number of nitrogens with one attached hydrogen (secondary N) is 2. The molecule has 144 valence electrons. The SMILES string of the molecule is CC(C)Oc1ccc(CCNC(=O)CC2C(=O)NCCN2C(C)C)cc1. The second-order valence-corrected chi connectivity index (χ2v) is 7.25. The number of carbonyl (C=O) groups is 2. The zero-order valence-corrected chi connectivity index (χ0v) is 16.2. The Bertz CT molecular complexity index is 599. The minimum absolute atomic E-state index is 0.0548. The first-order valence-corrected chi connectivity index (χ1v) is 9.42. The third-order valence-electron chi connectivity index (χ3n) is 4.45. The van der Waals surface area contributed by atoms with Crippen LogP contribution in [0.5, 0.6) is 5.75 Å². The lowest BCUT2D eigenvalue weighted by molar-refractivity contribution is -0.134. The number of benzene rings is 1. The van der Waals surface area contributed by atoms with Crippen molar-refractivity contribution in [2.75, 3.05) is 19.6 Å². The molecule has 0 saturated carbocycles. The van der Waals surface area contributed by atoms with Gasteiger partial charge in [0.05, 0.1) is 18.6 Å². The van der Waals surface area contributed by atoms with Crippen LogP contribution in [0.15, 0.2) is 24.3 Å². The smallest absolute Gasteiger partial charge is 0.237 e. The highest BCUT2D eigenvalue weighted by Gasteiger charge is 2.32. The van der Waals surface area contributed by atoms with E-state index in [-0.39, 0.29) is 36.4 Å². The van der Waals surface area contributed by atoms with Gasteiger partial charge in [0.25, 0.3) is 0 Å². The van der Waals surface area contributed by atoms with E-state index in [0.29, 0.717) is 13.1 Å². The van der Waals surface area contributed by atoms with E-state index in [4.69, 9.17) is 4.74 Å². The Morgan fingerprint density at radius 1 is 1.27 bits per heavy atom. The van der Waals surface area contributed by atoms with Gasteiger partial charge in [-0.05, 0) is 51.8 Å². The summed E-state index contributed by atoms with van der Waals surface area (Å²) < 4.78 is 5.62. The average Bonchev–Trinajstić information content (AvgIpc) is 2.57. The summed E-state index contributed by atoms with van der Waals surface area (Å²) in [5.41, 5.74) is 1.14. The van der Waals surface area contributed by atoms with E-state index < -0.39 is 0 Å². The largest absolute Gasteiger partial charge is 0.491 e. The zero-order chi connectivity index (χ0) is 19.1. The fourth-order valence-corrected chi connectivity index (χ4v) is 3.16. The summed E-state index contributed by atoms with van der Waals surface area (Å²) in [6, 6.07) is 7.79. The van der Waals surface area contributed by atoms with Crippen LogP contribution in [0.25, 0.3) is 0 Å².